The van der Waals surface area contributed by atoms with Crippen LogP contribution in [0.5, 0.6) is 0 Å². The largest absolute Gasteiger partial charge is 0.309 e. The van der Waals surface area contributed by atoms with Crippen LogP contribution in [0.3, 0.4) is 0 Å². The zero-order valence-electron chi connectivity index (χ0n) is 14.2. The molecule has 0 bridgehead atoms. The number of benzene rings is 2. The molecule has 1 N–H and O–H groups in total. The van der Waals surface area contributed by atoms with Crippen LogP contribution >= 0.6 is 15.9 Å². The Bertz CT molecular complexity index is 940. The number of hydrogen-bond acceptors (Lipinski definition) is 3. The summed E-state index contributed by atoms with van der Waals surface area (Å²) in [5.74, 6) is -0.0941. The van der Waals surface area contributed by atoms with E-state index in [0.29, 0.717) is 22.3 Å². The minimum Gasteiger partial charge on any atom is -0.309 e. The molecule has 0 spiro atoms. The summed E-state index contributed by atoms with van der Waals surface area (Å²) in [6.45, 7) is 5.38. The average Bonchev–Trinajstić information content (AvgIpc) is 2.83. The molecule has 0 aromatic heterocycles. The van der Waals surface area contributed by atoms with Gasteiger partial charge in [-0.1, -0.05) is 17.7 Å². The van der Waals surface area contributed by atoms with Gasteiger partial charge in [-0.05, 0) is 66.0 Å². The van der Waals surface area contributed by atoms with E-state index < -0.39 is 10.0 Å². The molecular weight excluding hydrogens is 404 g/mol. The summed E-state index contributed by atoms with van der Waals surface area (Å²) in [6, 6.07) is 10.5. The topological polar surface area (TPSA) is 66.5 Å². The zero-order chi connectivity index (χ0) is 18.4. The molecule has 2 aromatic carbocycles. The van der Waals surface area contributed by atoms with Gasteiger partial charge in [0.15, 0.2) is 0 Å². The Labute approximate surface area is 156 Å². The molecule has 7 heteroatoms. The van der Waals surface area contributed by atoms with Gasteiger partial charge in [-0.2, -0.15) is 0 Å². The highest BCUT2D eigenvalue weighted by Gasteiger charge is 2.32. The third kappa shape index (κ3) is 3.43. The van der Waals surface area contributed by atoms with Crippen LogP contribution in [0, 0.1) is 6.92 Å². The molecule has 1 aliphatic rings. The molecule has 1 aliphatic heterocycles. The van der Waals surface area contributed by atoms with Crippen LogP contribution in [-0.2, 0) is 21.2 Å². The molecule has 1 heterocycles. The van der Waals surface area contributed by atoms with Crippen molar-refractivity contribution < 1.29 is 13.2 Å². The maximum atomic E-state index is 12.8. The number of anilines is 2. The van der Waals surface area contributed by atoms with Gasteiger partial charge in [0.25, 0.3) is 10.0 Å². The first-order chi connectivity index (χ1) is 11.7. The van der Waals surface area contributed by atoms with Crippen LogP contribution in [0.2, 0.25) is 0 Å². The number of aryl methyl sites for hydroxylation is 1. The molecular formula is C18H19BrN2O3S. The van der Waals surface area contributed by atoms with Gasteiger partial charge < -0.3 is 4.90 Å². The summed E-state index contributed by atoms with van der Waals surface area (Å²) in [6.07, 6.45) is 0.708. The molecule has 25 heavy (non-hydrogen) atoms. The van der Waals surface area contributed by atoms with E-state index in [1.165, 1.54) is 6.92 Å². The van der Waals surface area contributed by atoms with Crippen molar-refractivity contribution in [1.82, 2.24) is 0 Å². The molecule has 132 valence electrons. The van der Waals surface area contributed by atoms with Crippen LogP contribution in [-0.4, -0.2) is 20.4 Å². The van der Waals surface area contributed by atoms with Crippen molar-refractivity contribution in [2.45, 2.75) is 38.1 Å². The molecule has 0 saturated carbocycles. The third-order valence-corrected chi connectivity index (χ3v) is 6.62. The molecule has 0 radical (unpaired) electrons. The van der Waals surface area contributed by atoms with E-state index in [9.17, 15) is 13.2 Å². The van der Waals surface area contributed by atoms with E-state index in [-0.39, 0.29) is 16.8 Å². The number of sulfonamides is 1. The maximum Gasteiger partial charge on any atom is 0.263 e. The van der Waals surface area contributed by atoms with Gasteiger partial charge in [-0.15, -0.1) is 0 Å². The summed E-state index contributed by atoms with van der Waals surface area (Å²) in [5.41, 5.74) is 3.17. The number of carbonyl (C=O) groups excluding carboxylic acids is 1. The fourth-order valence-electron chi connectivity index (χ4n) is 3.14. The van der Waals surface area contributed by atoms with Crippen LogP contribution in [0.25, 0.3) is 0 Å². The lowest BCUT2D eigenvalue weighted by atomic mass is 10.1. The van der Waals surface area contributed by atoms with Crippen molar-refractivity contribution in [3.63, 3.8) is 0 Å². The summed E-state index contributed by atoms with van der Waals surface area (Å²) >= 11 is 3.36. The van der Waals surface area contributed by atoms with Crippen molar-refractivity contribution in [3.05, 3.63) is 52.0 Å². The Morgan fingerprint density at radius 2 is 1.88 bits per heavy atom. The maximum absolute atomic E-state index is 12.8. The van der Waals surface area contributed by atoms with E-state index in [4.69, 9.17) is 0 Å². The Hall–Kier alpha value is -1.86. The van der Waals surface area contributed by atoms with E-state index in [0.717, 1.165) is 11.1 Å². The number of nitrogens with zero attached hydrogens (tertiary/aromatic N) is 1. The molecule has 5 nitrogen and oxygen atoms in total. The summed E-state index contributed by atoms with van der Waals surface area (Å²) in [5, 5.41) is 0. The van der Waals surface area contributed by atoms with Gasteiger partial charge in [0.2, 0.25) is 5.91 Å². The van der Waals surface area contributed by atoms with Gasteiger partial charge in [-0.3, -0.25) is 9.52 Å². The predicted molar refractivity (Wildman–Crippen MR) is 102 cm³/mol. The highest BCUT2D eigenvalue weighted by Crippen LogP contribution is 2.38. The van der Waals surface area contributed by atoms with Crippen LogP contribution < -0.4 is 9.62 Å². The minimum absolute atomic E-state index is 0.0161. The van der Waals surface area contributed by atoms with Gasteiger partial charge >= 0.3 is 0 Å². The van der Waals surface area contributed by atoms with Crippen molar-refractivity contribution in [2.75, 3.05) is 9.62 Å². The minimum atomic E-state index is -3.78. The Kier molecular flexibility index (Phi) is 4.64. The lowest BCUT2D eigenvalue weighted by Crippen LogP contribution is -2.33. The second-order valence-corrected chi connectivity index (χ2v) is 8.83. The fourth-order valence-corrected chi connectivity index (χ4v) is 5.31. The number of nitrogens with one attached hydrogen (secondary N) is 1. The highest BCUT2D eigenvalue weighted by molar-refractivity contribution is 9.10. The number of carbonyl (C=O) groups is 1. The number of amides is 1. The molecule has 3 rings (SSSR count). The van der Waals surface area contributed by atoms with Crippen LogP contribution in [0.15, 0.2) is 45.8 Å². The first-order valence-corrected chi connectivity index (χ1v) is 10.2. The third-order valence-electron chi connectivity index (χ3n) is 4.28. The number of halogens is 1. The number of fused-ring (bicyclic) bond motifs is 1. The Morgan fingerprint density at radius 3 is 2.48 bits per heavy atom. The smallest absolute Gasteiger partial charge is 0.263 e. The van der Waals surface area contributed by atoms with E-state index >= 15 is 0 Å². The SMILES string of the molecule is CC(=O)N1c2cc(S(=O)(=O)Nc3ccc(C)cc3)c(Br)cc2CC1C. The molecule has 1 amide bonds. The molecule has 2 aromatic rings. The van der Waals surface area contributed by atoms with E-state index in [2.05, 4.69) is 20.7 Å². The van der Waals surface area contributed by atoms with Crippen molar-refractivity contribution in [2.24, 2.45) is 0 Å². The highest BCUT2D eigenvalue weighted by atomic mass is 79.9. The van der Waals surface area contributed by atoms with Crippen molar-refractivity contribution >= 4 is 43.2 Å². The fraction of sp³-hybridized carbons (Fsp3) is 0.278. The average molecular weight is 423 g/mol. The van der Waals surface area contributed by atoms with E-state index in [1.54, 1.807) is 29.2 Å². The lowest BCUT2D eigenvalue weighted by Gasteiger charge is -2.21. The molecule has 0 saturated heterocycles. The van der Waals surface area contributed by atoms with Gasteiger partial charge in [0.05, 0.1) is 0 Å². The first-order valence-electron chi connectivity index (χ1n) is 7.91. The lowest BCUT2D eigenvalue weighted by molar-refractivity contribution is -0.116. The Balaban J connectivity index is 2.02. The number of rotatable bonds is 3. The van der Waals surface area contributed by atoms with Gasteiger partial charge in [-0.25, -0.2) is 8.42 Å². The molecule has 0 fully saturated rings. The van der Waals surface area contributed by atoms with E-state index in [1.807, 2.05) is 26.0 Å². The summed E-state index contributed by atoms with van der Waals surface area (Å²) < 4.78 is 28.7. The zero-order valence-corrected chi connectivity index (χ0v) is 16.6. The number of hydrogen-bond donors (Lipinski definition) is 1. The van der Waals surface area contributed by atoms with Gasteiger partial charge in [0.1, 0.15) is 4.90 Å². The standard InChI is InChI=1S/C18H19BrN2O3S/c1-11-4-6-15(7-5-11)20-25(23,24)18-10-17-14(9-16(18)19)8-12(2)21(17)13(3)22/h4-7,9-10,12,20H,8H2,1-3H3. The summed E-state index contributed by atoms with van der Waals surface area (Å²) in [4.78, 5) is 13.7. The normalized spacial score (nSPS) is 16.6. The van der Waals surface area contributed by atoms with Crippen LogP contribution in [0.4, 0.5) is 11.4 Å². The first kappa shape index (κ1) is 17.9. The second-order valence-electron chi connectivity index (χ2n) is 6.33. The van der Waals surface area contributed by atoms with Crippen molar-refractivity contribution in [3.8, 4) is 0 Å². The van der Waals surface area contributed by atoms with Crippen LogP contribution in [0.1, 0.15) is 25.0 Å². The Morgan fingerprint density at radius 1 is 1.24 bits per heavy atom. The molecule has 0 aliphatic carbocycles. The predicted octanol–water partition coefficient (Wildman–Crippen LogP) is 3.86. The monoisotopic (exact) mass is 422 g/mol. The second kappa shape index (κ2) is 6.46. The van der Waals surface area contributed by atoms with Crippen molar-refractivity contribution in [1.29, 1.82) is 0 Å². The van der Waals surface area contributed by atoms with Gasteiger partial charge in [0, 0.05) is 28.8 Å². The molecule has 1 atom stereocenters. The molecule has 1 unspecified atom stereocenters. The summed E-state index contributed by atoms with van der Waals surface area (Å²) in [7, 11) is -3.78. The quantitative estimate of drug-likeness (QED) is 0.816.